The van der Waals surface area contributed by atoms with E-state index in [2.05, 4.69) is 20.8 Å². The summed E-state index contributed by atoms with van der Waals surface area (Å²) >= 11 is 0. The fraction of sp³-hybridized carbons (Fsp3) is 0.750. The van der Waals surface area contributed by atoms with Crippen molar-refractivity contribution in [3.63, 3.8) is 0 Å². The minimum absolute atomic E-state index is 0.0235. The molecule has 0 fully saturated rings. The molecule has 1 aromatic rings. The Kier molecular flexibility index (Phi) is 6.35. The number of nitrogens with zero attached hydrogens (tertiary/aromatic N) is 2. The van der Waals surface area contributed by atoms with E-state index in [0.29, 0.717) is 31.1 Å². The zero-order valence-electron chi connectivity index (χ0n) is 11.3. The molecule has 0 aliphatic carbocycles. The predicted molar refractivity (Wildman–Crippen MR) is 68.3 cm³/mol. The van der Waals surface area contributed by atoms with Gasteiger partial charge in [-0.15, -0.1) is 0 Å². The van der Waals surface area contributed by atoms with Crippen molar-refractivity contribution in [1.82, 2.24) is 20.8 Å². The molecule has 1 amide bonds. The third-order valence-electron chi connectivity index (χ3n) is 2.49. The van der Waals surface area contributed by atoms with Gasteiger partial charge in [-0.05, 0) is 20.0 Å². The van der Waals surface area contributed by atoms with E-state index >= 15 is 0 Å². The van der Waals surface area contributed by atoms with E-state index in [1.165, 1.54) is 0 Å². The molecular weight excluding hydrogens is 232 g/mol. The number of hydrogen-bond acceptors (Lipinski definition) is 5. The number of rotatable bonds is 8. The molecular formula is C12H22N4O2. The quantitative estimate of drug-likeness (QED) is 0.672. The summed E-state index contributed by atoms with van der Waals surface area (Å²) in [7, 11) is 1.89. The van der Waals surface area contributed by atoms with Gasteiger partial charge in [-0.1, -0.05) is 19.0 Å². The van der Waals surface area contributed by atoms with Crippen LogP contribution in [0, 0.1) is 0 Å². The van der Waals surface area contributed by atoms with E-state index in [9.17, 15) is 4.79 Å². The lowest BCUT2D eigenvalue weighted by molar-refractivity contribution is -0.121. The fourth-order valence-electron chi connectivity index (χ4n) is 1.41. The zero-order valence-corrected chi connectivity index (χ0v) is 11.3. The van der Waals surface area contributed by atoms with Gasteiger partial charge in [-0.25, -0.2) is 0 Å². The summed E-state index contributed by atoms with van der Waals surface area (Å²) in [5.74, 6) is 1.50. The van der Waals surface area contributed by atoms with E-state index in [1.54, 1.807) is 0 Å². The monoisotopic (exact) mass is 254 g/mol. The minimum Gasteiger partial charge on any atom is -0.356 e. The Morgan fingerprint density at radius 3 is 2.78 bits per heavy atom. The van der Waals surface area contributed by atoms with Crippen molar-refractivity contribution in [2.75, 3.05) is 20.1 Å². The van der Waals surface area contributed by atoms with Crippen LogP contribution in [0.3, 0.4) is 0 Å². The van der Waals surface area contributed by atoms with Crippen LogP contribution in [0.2, 0.25) is 0 Å². The minimum atomic E-state index is 0.0235. The summed E-state index contributed by atoms with van der Waals surface area (Å²) in [6.07, 6.45) is 1.82. The molecule has 0 saturated heterocycles. The largest absolute Gasteiger partial charge is 0.356 e. The number of aromatic nitrogens is 2. The molecule has 1 heterocycles. The Morgan fingerprint density at radius 2 is 2.17 bits per heavy atom. The third kappa shape index (κ3) is 5.27. The summed E-state index contributed by atoms with van der Waals surface area (Å²) in [5, 5.41) is 9.73. The fourth-order valence-corrected chi connectivity index (χ4v) is 1.41. The molecule has 6 heteroatoms. The van der Waals surface area contributed by atoms with Crippen LogP contribution in [-0.4, -0.2) is 36.2 Å². The van der Waals surface area contributed by atoms with Gasteiger partial charge < -0.3 is 15.2 Å². The highest BCUT2D eigenvalue weighted by molar-refractivity contribution is 5.75. The smallest absolute Gasteiger partial charge is 0.227 e. The average molecular weight is 254 g/mol. The normalized spacial score (nSPS) is 10.9. The summed E-state index contributed by atoms with van der Waals surface area (Å²) in [6.45, 7) is 5.61. The van der Waals surface area contributed by atoms with Gasteiger partial charge in [0.05, 0.1) is 0 Å². The molecule has 1 aromatic heterocycles. The topological polar surface area (TPSA) is 80.0 Å². The van der Waals surface area contributed by atoms with Gasteiger partial charge in [-0.3, -0.25) is 4.79 Å². The first-order chi connectivity index (χ1) is 8.63. The van der Waals surface area contributed by atoms with Gasteiger partial charge >= 0.3 is 0 Å². The lowest BCUT2D eigenvalue weighted by Crippen LogP contribution is -2.26. The summed E-state index contributed by atoms with van der Waals surface area (Å²) in [5.41, 5.74) is 0. The third-order valence-corrected chi connectivity index (χ3v) is 2.49. The number of nitrogens with one attached hydrogen (secondary N) is 2. The van der Waals surface area contributed by atoms with Crippen LogP contribution in [0.25, 0.3) is 0 Å². The van der Waals surface area contributed by atoms with Gasteiger partial charge in [-0.2, -0.15) is 4.98 Å². The van der Waals surface area contributed by atoms with E-state index in [1.807, 2.05) is 20.9 Å². The molecule has 2 N–H and O–H groups in total. The van der Waals surface area contributed by atoms with Crippen LogP contribution in [0.5, 0.6) is 0 Å². The highest BCUT2D eigenvalue weighted by atomic mass is 16.5. The molecule has 6 nitrogen and oxygen atoms in total. The first-order valence-electron chi connectivity index (χ1n) is 6.37. The van der Waals surface area contributed by atoms with Crippen LogP contribution in [-0.2, 0) is 11.2 Å². The van der Waals surface area contributed by atoms with Gasteiger partial charge in [0, 0.05) is 25.3 Å². The van der Waals surface area contributed by atoms with E-state index in [0.717, 1.165) is 13.0 Å². The molecule has 0 bridgehead atoms. The number of amides is 1. The van der Waals surface area contributed by atoms with Crippen LogP contribution in [0.1, 0.15) is 44.3 Å². The molecule has 0 aromatic carbocycles. The molecule has 1 rings (SSSR count). The van der Waals surface area contributed by atoms with E-state index in [4.69, 9.17) is 4.52 Å². The van der Waals surface area contributed by atoms with E-state index in [-0.39, 0.29) is 11.8 Å². The SMILES string of the molecule is CNCCCNC(=O)CCc1nc(C(C)C)no1. The Hall–Kier alpha value is -1.43. The Morgan fingerprint density at radius 1 is 1.39 bits per heavy atom. The molecule has 0 radical (unpaired) electrons. The van der Waals surface area contributed by atoms with Gasteiger partial charge in [0.2, 0.25) is 11.8 Å². The van der Waals surface area contributed by atoms with Gasteiger partial charge in [0.1, 0.15) is 0 Å². The maximum Gasteiger partial charge on any atom is 0.227 e. The highest BCUT2D eigenvalue weighted by Crippen LogP contribution is 2.10. The van der Waals surface area contributed by atoms with E-state index < -0.39 is 0 Å². The van der Waals surface area contributed by atoms with Crippen molar-refractivity contribution in [3.05, 3.63) is 11.7 Å². The molecule has 0 aliphatic rings. The van der Waals surface area contributed by atoms with Gasteiger partial charge in [0.15, 0.2) is 5.82 Å². The first-order valence-corrected chi connectivity index (χ1v) is 6.37. The summed E-state index contributed by atoms with van der Waals surface area (Å²) in [4.78, 5) is 15.7. The summed E-state index contributed by atoms with van der Waals surface area (Å²) in [6, 6.07) is 0. The van der Waals surface area contributed by atoms with Crippen LogP contribution < -0.4 is 10.6 Å². The Labute approximate surface area is 108 Å². The molecule has 0 unspecified atom stereocenters. The average Bonchev–Trinajstić information content (AvgIpc) is 2.81. The van der Waals surface area contributed by atoms with Crippen molar-refractivity contribution in [3.8, 4) is 0 Å². The van der Waals surface area contributed by atoms with Crippen molar-refractivity contribution in [2.24, 2.45) is 0 Å². The van der Waals surface area contributed by atoms with Crippen molar-refractivity contribution in [2.45, 2.75) is 39.0 Å². The molecule has 18 heavy (non-hydrogen) atoms. The molecule has 0 spiro atoms. The molecule has 0 aliphatic heterocycles. The van der Waals surface area contributed by atoms with Crippen LogP contribution in [0.15, 0.2) is 4.52 Å². The van der Waals surface area contributed by atoms with Crippen molar-refractivity contribution in [1.29, 1.82) is 0 Å². The van der Waals surface area contributed by atoms with Crippen LogP contribution in [0.4, 0.5) is 0 Å². The van der Waals surface area contributed by atoms with Crippen molar-refractivity contribution < 1.29 is 9.32 Å². The predicted octanol–water partition coefficient (Wildman–Crippen LogP) is 0.851. The second-order valence-corrected chi connectivity index (χ2v) is 4.51. The van der Waals surface area contributed by atoms with Gasteiger partial charge in [0.25, 0.3) is 0 Å². The first kappa shape index (κ1) is 14.6. The Bertz CT molecular complexity index is 363. The molecule has 0 atom stereocenters. The highest BCUT2D eigenvalue weighted by Gasteiger charge is 2.10. The second-order valence-electron chi connectivity index (χ2n) is 4.51. The second kappa shape index (κ2) is 7.81. The zero-order chi connectivity index (χ0) is 13.4. The lowest BCUT2D eigenvalue weighted by Gasteiger charge is -2.03. The standard InChI is InChI=1S/C12H22N4O2/c1-9(2)12-15-11(18-16-12)6-5-10(17)14-8-4-7-13-3/h9,13H,4-8H2,1-3H3,(H,14,17). The number of aryl methyl sites for hydroxylation is 1. The summed E-state index contributed by atoms with van der Waals surface area (Å²) < 4.78 is 5.07. The number of hydrogen-bond donors (Lipinski definition) is 2. The molecule has 0 saturated carbocycles. The number of carbonyl (C=O) groups excluding carboxylic acids is 1. The lowest BCUT2D eigenvalue weighted by atomic mass is 10.2. The number of carbonyl (C=O) groups is 1. The Balaban J connectivity index is 2.21. The van der Waals surface area contributed by atoms with Crippen LogP contribution >= 0.6 is 0 Å². The maximum absolute atomic E-state index is 11.5. The molecule has 102 valence electrons. The van der Waals surface area contributed by atoms with Crippen molar-refractivity contribution >= 4 is 5.91 Å². The maximum atomic E-state index is 11.5.